The molecule has 1 aromatic carbocycles. The van der Waals surface area contributed by atoms with E-state index in [2.05, 4.69) is 20.3 Å². The minimum atomic E-state index is -4.78. The molecular weight excluding hydrogens is 424 g/mol. The Morgan fingerprint density at radius 3 is 2.53 bits per heavy atom. The standard InChI is InChI=1S/C19H17ClF4N6/c1-8-3-12(25)29-17(14(8)19(22,23)24)13-11(20)4-10-16(15(13)21)27-7-28-18(10)30(2)9-5-26-6-9/h3-4,7,9,26H,5-6H2,1-2H3,(H2,25,29). The van der Waals surface area contributed by atoms with Gasteiger partial charge < -0.3 is 16.0 Å². The van der Waals surface area contributed by atoms with E-state index in [1.807, 2.05) is 4.90 Å². The van der Waals surface area contributed by atoms with E-state index in [0.717, 1.165) is 19.2 Å². The maximum atomic E-state index is 15.5. The minimum Gasteiger partial charge on any atom is -0.384 e. The summed E-state index contributed by atoms with van der Waals surface area (Å²) in [5.41, 5.74) is 3.08. The third-order valence-corrected chi connectivity index (χ3v) is 5.50. The highest BCUT2D eigenvalue weighted by Gasteiger charge is 2.38. The highest BCUT2D eigenvalue weighted by atomic mass is 35.5. The van der Waals surface area contributed by atoms with Crippen LogP contribution in [0, 0.1) is 12.7 Å². The van der Waals surface area contributed by atoms with Gasteiger partial charge in [0.25, 0.3) is 0 Å². The van der Waals surface area contributed by atoms with Crippen LogP contribution in [0.3, 0.4) is 0 Å². The van der Waals surface area contributed by atoms with Gasteiger partial charge in [0.15, 0.2) is 5.82 Å². The molecule has 0 spiro atoms. The van der Waals surface area contributed by atoms with Gasteiger partial charge in [0.1, 0.15) is 23.5 Å². The zero-order valence-corrected chi connectivity index (χ0v) is 16.7. The first-order chi connectivity index (χ1) is 14.1. The number of pyridine rings is 1. The molecule has 30 heavy (non-hydrogen) atoms. The van der Waals surface area contributed by atoms with E-state index in [9.17, 15) is 13.2 Å². The smallest absolute Gasteiger partial charge is 0.384 e. The summed E-state index contributed by atoms with van der Waals surface area (Å²) in [4.78, 5) is 13.8. The van der Waals surface area contributed by atoms with Crippen LogP contribution in [0.5, 0.6) is 0 Å². The molecule has 11 heteroatoms. The van der Waals surface area contributed by atoms with Gasteiger partial charge in [-0.25, -0.2) is 19.3 Å². The predicted molar refractivity (Wildman–Crippen MR) is 107 cm³/mol. The second kappa shape index (κ2) is 7.21. The molecule has 3 aromatic rings. The average Bonchev–Trinajstić information content (AvgIpc) is 2.58. The Bertz CT molecular complexity index is 1150. The van der Waals surface area contributed by atoms with Gasteiger partial charge in [-0.1, -0.05) is 11.6 Å². The van der Waals surface area contributed by atoms with Crippen LogP contribution in [0.25, 0.3) is 22.2 Å². The molecule has 1 fully saturated rings. The molecule has 4 rings (SSSR count). The molecule has 2 aromatic heterocycles. The molecule has 6 nitrogen and oxygen atoms in total. The number of aryl methyl sites for hydroxylation is 1. The summed E-state index contributed by atoms with van der Waals surface area (Å²) >= 11 is 6.30. The predicted octanol–water partition coefficient (Wildman–Crippen LogP) is 3.80. The molecule has 0 radical (unpaired) electrons. The van der Waals surface area contributed by atoms with Crippen molar-refractivity contribution in [2.24, 2.45) is 0 Å². The Labute approximate surface area is 174 Å². The van der Waals surface area contributed by atoms with Crippen LogP contribution in [0.4, 0.5) is 29.2 Å². The van der Waals surface area contributed by atoms with Gasteiger partial charge in [0.2, 0.25) is 0 Å². The SMILES string of the molecule is Cc1cc(N)nc(-c2c(Cl)cc3c(N(C)C4CNC4)ncnc3c2F)c1C(F)(F)F. The molecule has 0 unspecified atom stereocenters. The Morgan fingerprint density at radius 2 is 1.93 bits per heavy atom. The molecular formula is C19H17ClF4N6. The molecule has 0 bridgehead atoms. The molecule has 1 saturated heterocycles. The lowest BCUT2D eigenvalue weighted by Crippen LogP contribution is -2.56. The third-order valence-electron chi connectivity index (χ3n) is 5.20. The van der Waals surface area contributed by atoms with Crippen LogP contribution in [0.1, 0.15) is 11.1 Å². The zero-order valence-electron chi connectivity index (χ0n) is 16.0. The molecule has 3 N–H and O–H groups in total. The second-order valence-electron chi connectivity index (χ2n) is 7.15. The summed E-state index contributed by atoms with van der Waals surface area (Å²) < 4.78 is 56.7. The normalized spacial score (nSPS) is 14.8. The Morgan fingerprint density at radius 1 is 1.23 bits per heavy atom. The largest absolute Gasteiger partial charge is 0.418 e. The van der Waals surface area contributed by atoms with Gasteiger partial charge in [-0.2, -0.15) is 13.2 Å². The van der Waals surface area contributed by atoms with Crippen molar-refractivity contribution in [2.45, 2.75) is 19.1 Å². The Hall–Kier alpha value is -2.72. The fourth-order valence-corrected chi connectivity index (χ4v) is 3.85. The lowest BCUT2D eigenvalue weighted by atomic mass is 9.99. The van der Waals surface area contributed by atoms with E-state index in [4.69, 9.17) is 17.3 Å². The number of nitrogen functional groups attached to an aromatic ring is 1. The number of hydrogen-bond donors (Lipinski definition) is 2. The first-order valence-electron chi connectivity index (χ1n) is 9.00. The van der Waals surface area contributed by atoms with Crippen LogP contribution in [0.2, 0.25) is 5.02 Å². The van der Waals surface area contributed by atoms with Gasteiger partial charge in [0.05, 0.1) is 27.9 Å². The van der Waals surface area contributed by atoms with Crippen molar-refractivity contribution in [3.8, 4) is 11.3 Å². The number of aromatic nitrogens is 3. The van der Waals surface area contributed by atoms with E-state index < -0.39 is 28.8 Å². The van der Waals surface area contributed by atoms with E-state index >= 15 is 4.39 Å². The fourth-order valence-electron chi connectivity index (χ4n) is 3.57. The number of hydrogen-bond acceptors (Lipinski definition) is 6. The summed E-state index contributed by atoms with van der Waals surface area (Å²) in [6.45, 7) is 2.70. The molecule has 1 aliphatic heterocycles. The van der Waals surface area contributed by atoms with Gasteiger partial charge in [-0.3, -0.25) is 0 Å². The van der Waals surface area contributed by atoms with Gasteiger partial charge in [-0.15, -0.1) is 0 Å². The minimum absolute atomic E-state index is 0.145. The first kappa shape index (κ1) is 20.5. The van der Waals surface area contributed by atoms with Crippen molar-refractivity contribution in [3.05, 3.63) is 40.4 Å². The number of fused-ring (bicyclic) bond motifs is 1. The molecule has 0 amide bonds. The van der Waals surface area contributed by atoms with Crippen molar-refractivity contribution >= 4 is 34.1 Å². The maximum Gasteiger partial charge on any atom is 0.418 e. The van der Waals surface area contributed by atoms with Crippen LogP contribution >= 0.6 is 11.6 Å². The summed E-state index contributed by atoms with van der Waals surface area (Å²) in [5, 5.41) is 3.19. The molecule has 3 heterocycles. The maximum absolute atomic E-state index is 15.5. The number of nitrogens with one attached hydrogen (secondary N) is 1. The number of likely N-dealkylation sites (N-methyl/N-ethyl adjacent to an activating group) is 1. The quantitative estimate of drug-likeness (QED) is 0.603. The summed E-state index contributed by atoms with van der Waals surface area (Å²) in [6.07, 6.45) is -3.61. The number of halogens is 5. The number of nitrogens with two attached hydrogens (primary N) is 1. The number of nitrogens with zero attached hydrogens (tertiary/aromatic N) is 4. The van der Waals surface area contributed by atoms with E-state index in [-0.39, 0.29) is 28.0 Å². The fraction of sp³-hybridized carbons (Fsp3) is 0.316. The summed E-state index contributed by atoms with van der Waals surface area (Å²) in [6, 6.07) is 2.61. The number of rotatable bonds is 3. The van der Waals surface area contributed by atoms with Gasteiger partial charge in [-0.05, 0) is 24.6 Å². The molecule has 1 aliphatic rings. The number of benzene rings is 1. The highest BCUT2D eigenvalue weighted by Crippen LogP contribution is 2.44. The van der Waals surface area contributed by atoms with Crippen LogP contribution < -0.4 is 16.0 Å². The third kappa shape index (κ3) is 3.29. The van der Waals surface area contributed by atoms with Crippen LogP contribution in [-0.4, -0.2) is 41.1 Å². The summed E-state index contributed by atoms with van der Waals surface area (Å²) in [7, 11) is 1.80. The van der Waals surface area contributed by atoms with E-state index in [1.165, 1.54) is 19.3 Å². The summed E-state index contributed by atoms with van der Waals surface area (Å²) in [5.74, 6) is -0.748. The molecule has 0 aliphatic carbocycles. The monoisotopic (exact) mass is 440 g/mol. The lowest BCUT2D eigenvalue weighted by Gasteiger charge is -2.36. The van der Waals surface area contributed by atoms with Crippen LogP contribution in [-0.2, 0) is 6.18 Å². The Balaban J connectivity index is 1.99. The zero-order chi connectivity index (χ0) is 21.8. The van der Waals surface area contributed by atoms with Crippen molar-refractivity contribution in [3.63, 3.8) is 0 Å². The van der Waals surface area contributed by atoms with Crippen molar-refractivity contribution in [1.29, 1.82) is 0 Å². The van der Waals surface area contributed by atoms with Gasteiger partial charge in [0, 0.05) is 25.5 Å². The van der Waals surface area contributed by atoms with Crippen molar-refractivity contribution < 1.29 is 17.6 Å². The average molecular weight is 441 g/mol. The van der Waals surface area contributed by atoms with Crippen molar-refractivity contribution in [1.82, 2.24) is 20.3 Å². The Kier molecular flexibility index (Phi) is 4.94. The van der Waals surface area contributed by atoms with E-state index in [0.29, 0.717) is 11.2 Å². The lowest BCUT2D eigenvalue weighted by molar-refractivity contribution is -0.137. The van der Waals surface area contributed by atoms with Crippen LogP contribution in [0.15, 0.2) is 18.5 Å². The first-order valence-corrected chi connectivity index (χ1v) is 9.38. The molecule has 0 saturated carbocycles. The van der Waals surface area contributed by atoms with Crippen molar-refractivity contribution in [2.75, 3.05) is 30.8 Å². The number of anilines is 2. The molecule has 0 atom stereocenters. The van der Waals surface area contributed by atoms with Gasteiger partial charge >= 0.3 is 6.18 Å². The second-order valence-corrected chi connectivity index (χ2v) is 7.56. The molecule has 158 valence electrons. The van der Waals surface area contributed by atoms with E-state index in [1.54, 1.807) is 7.05 Å². The highest BCUT2D eigenvalue weighted by molar-refractivity contribution is 6.34. The topological polar surface area (TPSA) is 80.0 Å². The number of alkyl halides is 3.